The molecule has 2 heterocycles. The number of hydrogen-bond acceptors (Lipinski definition) is 4. The molecule has 0 saturated heterocycles. The molecular formula is C22H23N5. The van der Waals surface area contributed by atoms with Crippen molar-refractivity contribution in [1.82, 2.24) is 14.5 Å². The van der Waals surface area contributed by atoms with Crippen molar-refractivity contribution in [2.24, 2.45) is 5.73 Å². The predicted molar refractivity (Wildman–Crippen MR) is 111 cm³/mol. The maximum atomic E-state index is 5.66. The minimum Gasteiger partial charge on any atom is -0.347 e. The highest BCUT2D eigenvalue weighted by Crippen LogP contribution is 2.29. The number of rotatable bonds is 6. The molecule has 3 N–H and O–H groups in total. The van der Waals surface area contributed by atoms with Gasteiger partial charge in [0.25, 0.3) is 0 Å². The van der Waals surface area contributed by atoms with Crippen molar-refractivity contribution in [1.29, 1.82) is 0 Å². The van der Waals surface area contributed by atoms with Gasteiger partial charge in [0.15, 0.2) is 0 Å². The summed E-state index contributed by atoms with van der Waals surface area (Å²) in [7, 11) is 0. The van der Waals surface area contributed by atoms with E-state index in [1.54, 1.807) is 6.20 Å². The quantitative estimate of drug-likeness (QED) is 0.533. The Morgan fingerprint density at radius 2 is 1.96 bits per heavy atom. The van der Waals surface area contributed by atoms with Gasteiger partial charge in [-0.1, -0.05) is 24.3 Å². The van der Waals surface area contributed by atoms with Crippen LogP contribution in [0.2, 0.25) is 0 Å². The minimum absolute atomic E-state index is 0.595. The lowest BCUT2D eigenvalue weighted by atomic mass is 10.1. The van der Waals surface area contributed by atoms with Crippen molar-refractivity contribution >= 4 is 22.5 Å². The molecule has 136 valence electrons. The predicted octanol–water partition coefficient (Wildman–Crippen LogP) is 4.50. The standard InChI is InChI=1S/C22H23N5/c1-16-5-2-6-17(15-16)25-22-24-12-9-20(26-22)18-7-3-8-21-19(18)10-14-27(21)13-4-11-23/h2-3,5-10,12,14-15H,4,11,13,23H2,1H3,(H,24,25,26). The van der Waals surface area contributed by atoms with Crippen LogP contribution in [0.4, 0.5) is 11.6 Å². The van der Waals surface area contributed by atoms with Crippen LogP contribution in [0.3, 0.4) is 0 Å². The molecule has 0 aliphatic rings. The second-order valence-corrected chi connectivity index (χ2v) is 6.65. The minimum atomic E-state index is 0.595. The van der Waals surface area contributed by atoms with Crippen LogP contribution in [-0.4, -0.2) is 21.1 Å². The zero-order chi connectivity index (χ0) is 18.6. The third kappa shape index (κ3) is 3.68. The van der Waals surface area contributed by atoms with Crippen molar-refractivity contribution in [2.75, 3.05) is 11.9 Å². The average molecular weight is 357 g/mol. The highest BCUT2D eigenvalue weighted by molar-refractivity contribution is 5.94. The summed E-state index contributed by atoms with van der Waals surface area (Å²) in [5, 5.41) is 4.48. The topological polar surface area (TPSA) is 68.8 Å². The first-order valence-corrected chi connectivity index (χ1v) is 9.19. The summed E-state index contributed by atoms with van der Waals surface area (Å²) in [6, 6.07) is 18.6. The first kappa shape index (κ1) is 17.2. The molecule has 0 spiro atoms. The Balaban J connectivity index is 1.68. The van der Waals surface area contributed by atoms with Gasteiger partial charge in [0, 0.05) is 41.1 Å². The molecule has 2 aromatic carbocycles. The van der Waals surface area contributed by atoms with Crippen LogP contribution >= 0.6 is 0 Å². The maximum Gasteiger partial charge on any atom is 0.227 e. The Bertz CT molecular complexity index is 1070. The van der Waals surface area contributed by atoms with Gasteiger partial charge in [-0.05, 0) is 55.8 Å². The van der Waals surface area contributed by atoms with Gasteiger partial charge in [0.2, 0.25) is 5.95 Å². The van der Waals surface area contributed by atoms with Gasteiger partial charge in [-0.25, -0.2) is 9.97 Å². The second kappa shape index (κ2) is 7.60. The first-order chi connectivity index (χ1) is 13.2. The normalized spacial score (nSPS) is 11.0. The van der Waals surface area contributed by atoms with E-state index in [0.717, 1.165) is 29.9 Å². The Morgan fingerprint density at radius 1 is 1.07 bits per heavy atom. The first-order valence-electron chi connectivity index (χ1n) is 9.19. The number of nitrogens with zero attached hydrogens (tertiary/aromatic N) is 3. The maximum absolute atomic E-state index is 5.66. The summed E-state index contributed by atoms with van der Waals surface area (Å²) in [6.45, 7) is 3.69. The van der Waals surface area contributed by atoms with Crippen molar-refractivity contribution in [2.45, 2.75) is 19.9 Å². The Kier molecular flexibility index (Phi) is 4.85. The van der Waals surface area contributed by atoms with Crippen LogP contribution in [0.25, 0.3) is 22.2 Å². The molecule has 0 radical (unpaired) electrons. The molecule has 27 heavy (non-hydrogen) atoms. The summed E-state index contributed by atoms with van der Waals surface area (Å²) in [6.07, 6.45) is 4.88. The second-order valence-electron chi connectivity index (χ2n) is 6.65. The number of nitrogens with two attached hydrogens (primary N) is 1. The zero-order valence-corrected chi connectivity index (χ0v) is 15.4. The zero-order valence-electron chi connectivity index (χ0n) is 15.4. The van der Waals surface area contributed by atoms with Crippen molar-refractivity contribution in [3.05, 3.63) is 72.6 Å². The molecule has 0 unspecified atom stereocenters. The molecule has 2 aromatic heterocycles. The van der Waals surface area contributed by atoms with E-state index in [-0.39, 0.29) is 0 Å². The number of anilines is 2. The number of fused-ring (bicyclic) bond motifs is 1. The highest BCUT2D eigenvalue weighted by Gasteiger charge is 2.09. The molecule has 0 saturated carbocycles. The summed E-state index contributed by atoms with van der Waals surface area (Å²) in [5.41, 5.74) is 11.1. The van der Waals surface area contributed by atoms with Crippen LogP contribution < -0.4 is 11.1 Å². The Labute approximate surface area is 158 Å². The SMILES string of the molecule is Cc1cccc(Nc2nccc(-c3cccc4c3ccn4CCCN)n2)c1. The fraction of sp³-hybridized carbons (Fsp3) is 0.182. The third-order valence-electron chi connectivity index (χ3n) is 4.62. The van der Waals surface area contributed by atoms with E-state index < -0.39 is 0 Å². The number of aryl methyl sites for hydroxylation is 2. The fourth-order valence-corrected chi connectivity index (χ4v) is 3.32. The van der Waals surface area contributed by atoms with Gasteiger partial charge in [-0.3, -0.25) is 0 Å². The van der Waals surface area contributed by atoms with Crippen molar-refractivity contribution in [3.63, 3.8) is 0 Å². The summed E-state index contributed by atoms with van der Waals surface area (Å²) in [4.78, 5) is 9.11. The molecule has 0 aliphatic carbocycles. The number of hydrogen-bond donors (Lipinski definition) is 2. The Morgan fingerprint density at radius 3 is 2.81 bits per heavy atom. The van der Waals surface area contributed by atoms with Gasteiger partial charge in [0.05, 0.1) is 5.69 Å². The molecule has 4 rings (SSSR count). The molecule has 0 atom stereocenters. The smallest absolute Gasteiger partial charge is 0.227 e. The lowest BCUT2D eigenvalue weighted by Crippen LogP contribution is -2.04. The number of benzene rings is 2. The van der Waals surface area contributed by atoms with E-state index in [0.29, 0.717) is 12.5 Å². The number of aromatic nitrogens is 3. The largest absolute Gasteiger partial charge is 0.347 e. The molecule has 0 amide bonds. The highest BCUT2D eigenvalue weighted by atomic mass is 15.1. The lowest BCUT2D eigenvalue weighted by Gasteiger charge is -2.09. The fourth-order valence-electron chi connectivity index (χ4n) is 3.32. The monoisotopic (exact) mass is 357 g/mol. The average Bonchev–Trinajstić information content (AvgIpc) is 3.10. The van der Waals surface area contributed by atoms with E-state index in [1.165, 1.54) is 16.5 Å². The molecule has 5 heteroatoms. The van der Waals surface area contributed by atoms with Gasteiger partial charge in [-0.2, -0.15) is 0 Å². The molecular weight excluding hydrogens is 334 g/mol. The lowest BCUT2D eigenvalue weighted by molar-refractivity contribution is 0.671. The van der Waals surface area contributed by atoms with Gasteiger partial charge in [0.1, 0.15) is 0 Å². The molecule has 0 bridgehead atoms. The molecule has 5 nitrogen and oxygen atoms in total. The summed E-state index contributed by atoms with van der Waals surface area (Å²) >= 11 is 0. The van der Waals surface area contributed by atoms with Crippen molar-refractivity contribution in [3.8, 4) is 11.3 Å². The van der Waals surface area contributed by atoms with Gasteiger partial charge < -0.3 is 15.6 Å². The van der Waals surface area contributed by atoms with Gasteiger partial charge >= 0.3 is 0 Å². The van der Waals surface area contributed by atoms with Crippen LogP contribution in [0, 0.1) is 6.92 Å². The summed E-state index contributed by atoms with van der Waals surface area (Å²) < 4.78 is 2.25. The van der Waals surface area contributed by atoms with E-state index in [1.807, 2.05) is 18.2 Å². The molecule has 0 aliphatic heterocycles. The molecule has 4 aromatic rings. The Hall–Kier alpha value is -3.18. The van der Waals surface area contributed by atoms with Crippen LogP contribution in [0.15, 0.2) is 67.0 Å². The van der Waals surface area contributed by atoms with Crippen LogP contribution in [0.1, 0.15) is 12.0 Å². The number of nitrogens with one attached hydrogen (secondary N) is 1. The van der Waals surface area contributed by atoms with E-state index in [9.17, 15) is 0 Å². The van der Waals surface area contributed by atoms with Crippen LogP contribution in [0.5, 0.6) is 0 Å². The van der Waals surface area contributed by atoms with E-state index in [4.69, 9.17) is 10.7 Å². The van der Waals surface area contributed by atoms with Crippen molar-refractivity contribution < 1.29 is 0 Å². The van der Waals surface area contributed by atoms with E-state index >= 15 is 0 Å². The molecule has 0 fully saturated rings. The van der Waals surface area contributed by atoms with E-state index in [2.05, 4.69) is 64.4 Å². The summed E-state index contributed by atoms with van der Waals surface area (Å²) in [5.74, 6) is 0.595. The third-order valence-corrected chi connectivity index (χ3v) is 4.62. The van der Waals surface area contributed by atoms with Gasteiger partial charge in [-0.15, -0.1) is 0 Å². The van der Waals surface area contributed by atoms with Crippen LogP contribution in [-0.2, 0) is 6.54 Å².